The average molecular weight is 389 g/mol. The number of sulfonamides is 1. The molecular formula is C20H23NO5S. The van der Waals surface area contributed by atoms with Crippen molar-refractivity contribution in [2.24, 2.45) is 0 Å². The number of ketones is 1. The number of carbonyl (C=O) groups excluding carboxylic acids is 2. The Balaban J connectivity index is 2.22. The van der Waals surface area contributed by atoms with Gasteiger partial charge in [-0.1, -0.05) is 12.1 Å². The second-order valence-corrected chi connectivity index (χ2v) is 8.29. The highest BCUT2D eigenvalue weighted by molar-refractivity contribution is 7.89. The molecule has 2 rings (SSSR count). The van der Waals surface area contributed by atoms with E-state index < -0.39 is 22.1 Å². The van der Waals surface area contributed by atoms with Crippen LogP contribution in [0.2, 0.25) is 0 Å². The van der Waals surface area contributed by atoms with Gasteiger partial charge in [-0.25, -0.2) is 17.9 Å². The molecular weight excluding hydrogens is 366 g/mol. The van der Waals surface area contributed by atoms with Gasteiger partial charge in [-0.2, -0.15) is 0 Å². The first-order chi connectivity index (χ1) is 12.6. The Bertz CT molecular complexity index is 995. The Hall–Kier alpha value is -2.51. The maximum atomic E-state index is 12.7. The van der Waals surface area contributed by atoms with Gasteiger partial charge in [-0.05, 0) is 75.7 Å². The Morgan fingerprint density at radius 3 is 2.26 bits per heavy atom. The van der Waals surface area contributed by atoms with E-state index in [1.807, 2.05) is 26.8 Å². The number of benzene rings is 2. The predicted molar refractivity (Wildman–Crippen MR) is 103 cm³/mol. The quantitative estimate of drug-likeness (QED) is 0.606. The second-order valence-electron chi connectivity index (χ2n) is 6.40. The van der Waals surface area contributed by atoms with Gasteiger partial charge in [-0.15, -0.1) is 0 Å². The number of Topliss-reactive ketones (excluding diaryl/α,β-unsaturated/α-hetero) is 1. The smallest absolute Gasteiger partial charge is 0.338 e. The first kappa shape index (κ1) is 20.8. The lowest BCUT2D eigenvalue weighted by molar-refractivity contribution is 0.0318. The number of hydrogen-bond donors (Lipinski definition) is 1. The van der Waals surface area contributed by atoms with Crippen molar-refractivity contribution in [2.75, 3.05) is 7.05 Å². The Kier molecular flexibility index (Phi) is 6.18. The molecule has 0 bridgehead atoms. The number of ether oxygens (including phenoxy) is 1. The van der Waals surface area contributed by atoms with Gasteiger partial charge in [0.1, 0.15) is 0 Å². The van der Waals surface area contributed by atoms with Crippen LogP contribution < -0.4 is 4.72 Å². The minimum atomic E-state index is -3.68. The number of nitrogens with one attached hydrogen (secondary N) is 1. The molecule has 0 saturated heterocycles. The van der Waals surface area contributed by atoms with Gasteiger partial charge in [0.15, 0.2) is 6.10 Å². The zero-order valence-corrected chi connectivity index (χ0v) is 16.8. The highest BCUT2D eigenvalue weighted by Gasteiger charge is 2.23. The van der Waals surface area contributed by atoms with Crippen molar-refractivity contribution in [1.29, 1.82) is 0 Å². The van der Waals surface area contributed by atoms with Gasteiger partial charge in [0.2, 0.25) is 15.8 Å². The molecule has 1 N–H and O–H groups in total. The first-order valence-corrected chi connectivity index (χ1v) is 9.91. The van der Waals surface area contributed by atoms with E-state index in [1.165, 1.54) is 38.2 Å². The minimum Gasteiger partial charge on any atom is -0.451 e. The molecule has 0 heterocycles. The van der Waals surface area contributed by atoms with Gasteiger partial charge in [-0.3, -0.25) is 4.79 Å². The van der Waals surface area contributed by atoms with Crippen LogP contribution in [-0.4, -0.2) is 33.3 Å². The van der Waals surface area contributed by atoms with Crippen LogP contribution >= 0.6 is 0 Å². The maximum absolute atomic E-state index is 12.7. The lowest BCUT2D eigenvalue weighted by Crippen LogP contribution is -2.25. The van der Waals surface area contributed by atoms with Gasteiger partial charge >= 0.3 is 5.97 Å². The van der Waals surface area contributed by atoms with Crippen molar-refractivity contribution in [3.63, 3.8) is 0 Å². The lowest BCUT2D eigenvalue weighted by Gasteiger charge is -2.15. The standard InChI is InChI=1S/C20H23NO5S/c1-12-9-14(3)18(10-13(12)2)19(22)15(4)26-20(23)16-7-6-8-17(11-16)27(24,25)21-5/h6-11,15,21H,1-5H3. The molecule has 0 fully saturated rings. The Morgan fingerprint density at radius 1 is 1.00 bits per heavy atom. The number of hydrogen-bond acceptors (Lipinski definition) is 5. The van der Waals surface area contributed by atoms with E-state index in [9.17, 15) is 18.0 Å². The summed E-state index contributed by atoms with van der Waals surface area (Å²) in [6.07, 6.45) is -0.997. The van der Waals surface area contributed by atoms with E-state index in [1.54, 1.807) is 6.07 Å². The predicted octanol–water partition coefficient (Wildman–Crippen LogP) is 2.95. The molecule has 144 valence electrons. The average Bonchev–Trinajstić information content (AvgIpc) is 2.64. The molecule has 0 radical (unpaired) electrons. The van der Waals surface area contributed by atoms with E-state index in [0.717, 1.165) is 16.7 Å². The molecule has 0 aliphatic carbocycles. The summed E-state index contributed by atoms with van der Waals surface area (Å²) >= 11 is 0. The summed E-state index contributed by atoms with van der Waals surface area (Å²) in [7, 11) is -2.40. The van der Waals surface area contributed by atoms with Crippen LogP contribution in [0.5, 0.6) is 0 Å². The lowest BCUT2D eigenvalue weighted by atomic mass is 9.96. The summed E-state index contributed by atoms with van der Waals surface area (Å²) in [5, 5.41) is 0. The molecule has 1 unspecified atom stereocenters. The number of esters is 1. The molecule has 0 aliphatic heterocycles. The van der Waals surface area contributed by atoms with E-state index in [-0.39, 0.29) is 16.2 Å². The summed E-state index contributed by atoms with van der Waals surface area (Å²) in [6.45, 7) is 7.21. The molecule has 2 aromatic carbocycles. The van der Waals surface area contributed by atoms with E-state index >= 15 is 0 Å². The Labute approximate surface area is 159 Å². The van der Waals surface area contributed by atoms with Crippen LogP contribution in [0.3, 0.4) is 0 Å². The highest BCUT2D eigenvalue weighted by Crippen LogP contribution is 2.19. The summed E-state index contributed by atoms with van der Waals surface area (Å²) in [5.74, 6) is -1.06. The second kappa shape index (κ2) is 8.02. The third-order valence-electron chi connectivity index (χ3n) is 4.41. The molecule has 6 nitrogen and oxygen atoms in total. The maximum Gasteiger partial charge on any atom is 0.338 e. The monoisotopic (exact) mass is 389 g/mol. The number of aryl methyl sites for hydroxylation is 3. The molecule has 27 heavy (non-hydrogen) atoms. The van der Waals surface area contributed by atoms with Crippen molar-refractivity contribution in [3.05, 3.63) is 64.2 Å². The Morgan fingerprint density at radius 2 is 1.63 bits per heavy atom. The van der Waals surface area contributed by atoms with Gasteiger partial charge in [0.25, 0.3) is 0 Å². The fourth-order valence-corrected chi connectivity index (χ4v) is 3.41. The molecule has 0 aliphatic rings. The SMILES string of the molecule is CNS(=O)(=O)c1cccc(C(=O)OC(C)C(=O)c2cc(C)c(C)cc2C)c1. The summed E-state index contributed by atoms with van der Waals surface area (Å²) in [5.41, 5.74) is 3.43. The summed E-state index contributed by atoms with van der Waals surface area (Å²) in [6, 6.07) is 9.18. The highest BCUT2D eigenvalue weighted by atomic mass is 32.2. The van der Waals surface area contributed by atoms with E-state index in [4.69, 9.17) is 4.74 Å². The van der Waals surface area contributed by atoms with Gasteiger partial charge in [0, 0.05) is 5.56 Å². The molecule has 0 amide bonds. The van der Waals surface area contributed by atoms with Crippen molar-refractivity contribution in [2.45, 2.75) is 38.7 Å². The largest absolute Gasteiger partial charge is 0.451 e. The number of rotatable bonds is 6. The third kappa shape index (κ3) is 4.61. The van der Waals surface area contributed by atoms with Gasteiger partial charge < -0.3 is 4.74 Å². The number of carbonyl (C=O) groups is 2. The summed E-state index contributed by atoms with van der Waals surface area (Å²) < 4.78 is 31.2. The van der Waals surface area contributed by atoms with E-state index in [0.29, 0.717) is 5.56 Å². The van der Waals surface area contributed by atoms with Crippen LogP contribution in [-0.2, 0) is 14.8 Å². The van der Waals surface area contributed by atoms with E-state index in [2.05, 4.69) is 4.72 Å². The van der Waals surface area contributed by atoms with Crippen LogP contribution in [0.25, 0.3) is 0 Å². The van der Waals surface area contributed by atoms with Crippen molar-refractivity contribution < 1.29 is 22.7 Å². The zero-order chi connectivity index (χ0) is 20.4. The van der Waals surface area contributed by atoms with Crippen LogP contribution in [0.15, 0.2) is 41.3 Å². The van der Waals surface area contributed by atoms with Crippen LogP contribution in [0, 0.1) is 20.8 Å². The minimum absolute atomic E-state index is 0.0524. The van der Waals surface area contributed by atoms with Crippen LogP contribution in [0.1, 0.15) is 44.3 Å². The van der Waals surface area contributed by atoms with Crippen molar-refractivity contribution >= 4 is 21.8 Å². The van der Waals surface area contributed by atoms with Crippen molar-refractivity contribution in [3.8, 4) is 0 Å². The van der Waals surface area contributed by atoms with Crippen LogP contribution in [0.4, 0.5) is 0 Å². The normalized spacial score (nSPS) is 12.5. The third-order valence-corrected chi connectivity index (χ3v) is 5.82. The fourth-order valence-electron chi connectivity index (χ4n) is 2.64. The molecule has 2 aromatic rings. The first-order valence-electron chi connectivity index (χ1n) is 8.43. The van der Waals surface area contributed by atoms with Crippen molar-refractivity contribution in [1.82, 2.24) is 4.72 Å². The zero-order valence-electron chi connectivity index (χ0n) is 16.0. The molecule has 0 aromatic heterocycles. The molecule has 7 heteroatoms. The summed E-state index contributed by atoms with van der Waals surface area (Å²) in [4.78, 5) is 25.0. The molecule has 0 saturated carbocycles. The molecule has 0 spiro atoms. The topological polar surface area (TPSA) is 89.5 Å². The fraction of sp³-hybridized carbons (Fsp3) is 0.300. The molecule has 1 atom stereocenters. The van der Waals surface area contributed by atoms with Gasteiger partial charge in [0.05, 0.1) is 10.5 Å².